The number of rotatable bonds is 45. The monoisotopic (exact) mass is 852 g/mol. The van der Waals surface area contributed by atoms with E-state index in [2.05, 4.69) is 62.5 Å². The minimum atomic E-state index is -4.54. The van der Waals surface area contributed by atoms with E-state index in [1.165, 1.54) is 116 Å². The number of carbonyl (C=O) groups excluding carboxylic acids is 1. The van der Waals surface area contributed by atoms with Gasteiger partial charge in [-0.2, -0.15) is 0 Å². The Kier molecular flexibility index (Phi) is 42.0. The molecule has 59 heavy (non-hydrogen) atoms. The van der Waals surface area contributed by atoms with E-state index in [9.17, 15) is 14.3 Å². The number of hydrogen-bond donors (Lipinski definition) is 0. The first-order valence-corrected chi connectivity index (χ1v) is 25.8. The van der Waals surface area contributed by atoms with Crippen molar-refractivity contribution in [3.63, 3.8) is 0 Å². The highest BCUT2D eigenvalue weighted by Gasteiger charge is 2.20. The second-order valence-electron chi connectivity index (χ2n) is 17.4. The van der Waals surface area contributed by atoms with Gasteiger partial charge in [0.2, 0.25) is 0 Å². The molecule has 346 valence electrons. The molecule has 2 unspecified atom stereocenters. The van der Waals surface area contributed by atoms with Gasteiger partial charge in [-0.3, -0.25) is 9.36 Å². The number of phosphoric acid groups is 1. The fraction of sp³-hybridized carbons (Fsp3) is 0.820. The van der Waals surface area contributed by atoms with Gasteiger partial charge in [0.25, 0.3) is 7.82 Å². The standard InChI is InChI=1S/C50H94NO7P/c1-6-8-10-12-14-16-18-20-22-24-25-26-27-28-29-31-33-35-37-39-41-43-50(52)58-49(48-57-59(53,54)56-46-44-51(3,4)5)47-55-45-42-40-38-36-34-32-30-23-21-19-17-15-13-11-9-7-2/h9,11,15,17,21,23,32,34,49H,6-8,10,12-14,16,18-20,22,24-31,33,35-48H2,1-5H3/b11-9-,17-15-,23-21-,34-32-. The lowest BCUT2D eigenvalue weighted by molar-refractivity contribution is -0.870. The molecule has 0 bridgehead atoms. The molecule has 0 aliphatic heterocycles. The van der Waals surface area contributed by atoms with Gasteiger partial charge in [0.05, 0.1) is 34.4 Å². The summed E-state index contributed by atoms with van der Waals surface area (Å²) in [7, 11) is 1.34. The van der Waals surface area contributed by atoms with Gasteiger partial charge in [-0.1, -0.05) is 197 Å². The molecule has 0 amide bonds. The topological polar surface area (TPSA) is 94.1 Å². The van der Waals surface area contributed by atoms with Crippen LogP contribution in [0.5, 0.6) is 0 Å². The second-order valence-corrected chi connectivity index (χ2v) is 18.9. The van der Waals surface area contributed by atoms with E-state index < -0.39 is 13.9 Å². The van der Waals surface area contributed by atoms with E-state index in [4.69, 9.17) is 18.5 Å². The van der Waals surface area contributed by atoms with Gasteiger partial charge >= 0.3 is 5.97 Å². The van der Waals surface area contributed by atoms with Gasteiger partial charge in [0.1, 0.15) is 19.3 Å². The molecule has 0 radical (unpaired) electrons. The number of phosphoric ester groups is 1. The first-order valence-electron chi connectivity index (χ1n) is 24.4. The molecule has 0 aliphatic rings. The van der Waals surface area contributed by atoms with Crippen LogP contribution < -0.4 is 4.89 Å². The van der Waals surface area contributed by atoms with Crippen LogP contribution in [0.1, 0.15) is 206 Å². The summed E-state index contributed by atoms with van der Waals surface area (Å²) in [5.41, 5.74) is 0. The number of likely N-dealkylation sites (N-methyl/N-ethyl adjacent to an activating group) is 1. The van der Waals surface area contributed by atoms with Crippen LogP contribution in [-0.2, 0) is 27.9 Å². The molecule has 0 fully saturated rings. The highest BCUT2D eigenvalue weighted by Crippen LogP contribution is 2.38. The van der Waals surface area contributed by atoms with Gasteiger partial charge in [0.15, 0.2) is 0 Å². The molecular formula is C50H94NO7P. The van der Waals surface area contributed by atoms with Crippen LogP contribution >= 0.6 is 7.82 Å². The van der Waals surface area contributed by atoms with E-state index in [0.29, 0.717) is 24.1 Å². The van der Waals surface area contributed by atoms with Crippen LogP contribution in [-0.4, -0.2) is 70.7 Å². The summed E-state index contributed by atoms with van der Waals surface area (Å²) in [4.78, 5) is 25.1. The molecule has 9 heteroatoms. The third-order valence-electron chi connectivity index (χ3n) is 10.4. The summed E-state index contributed by atoms with van der Waals surface area (Å²) in [6, 6.07) is 0. The molecule has 0 aromatic carbocycles. The molecule has 0 saturated heterocycles. The second kappa shape index (κ2) is 43.1. The van der Waals surface area contributed by atoms with Gasteiger partial charge in [-0.25, -0.2) is 0 Å². The maximum absolute atomic E-state index is 12.7. The van der Waals surface area contributed by atoms with Crippen LogP contribution in [0.3, 0.4) is 0 Å². The Morgan fingerprint density at radius 1 is 0.542 bits per heavy atom. The number of esters is 1. The first kappa shape index (κ1) is 57.5. The molecule has 0 aromatic heterocycles. The highest BCUT2D eigenvalue weighted by molar-refractivity contribution is 7.45. The summed E-state index contributed by atoms with van der Waals surface area (Å²) in [6.07, 6.45) is 52.8. The quantitative estimate of drug-likeness (QED) is 0.0198. The predicted molar refractivity (Wildman–Crippen MR) is 250 cm³/mol. The maximum atomic E-state index is 12.7. The van der Waals surface area contributed by atoms with E-state index in [1.807, 2.05) is 21.1 Å². The van der Waals surface area contributed by atoms with Crippen molar-refractivity contribution in [1.29, 1.82) is 0 Å². The van der Waals surface area contributed by atoms with Crippen molar-refractivity contribution in [3.05, 3.63) is 48.6 Å². The third-order valence-corrected chi connectivity index (χ3v) is 11.4. The maximum Gasteiger partial charge on any atom is 0.306 e. The highest BCUT2D eigenvalue weighted by atomic mass is 31.2. The fourth-order valence-corrected chi connectivity index (χ4v) is 7.38. The van der Waals surface area contributed by atoms with Gasteiger partial charge in [-0.05, 0) is 51.4 Å². The molecule has 2 atom stereocenters. The largest absolute Gasteiger partial charge is 0.756 e. The van der Waals surface area contributed by atoms with Gasteiger partial charge in [-0.15, -0.1) is 0 Å². The predicted octanol–water partition coefficient (Wildman–Crippen LogP) is 14.1. The number of hydrogen-bond acceptors (Lipinski definition) is 7. The van der Waals surface area contributed by atoms with Crippen LogP contribution in [0.25, 0.3) is 0 Å². The van der Waals surface area contributed by atoms with Crippen molar-refractivity contribution < 1.29 is 37.3 Å². The summed E-state index contributed by atoms with van der Waals surface area (Å²) in [6.45, 7) is 5.24. The Morgan fingerprint density at radius 2 is 0.983 bits per heavy atom. The first-order chi connectivity index (χ1) is 28.6. The average molecular weight is 852 g/mol. The number of carbonyl (C=O) groups is 1. The summed E-state index contributed by atoms with van der Waals surface area (Å²) in [5, 5.41) is 0. The molecule has 0 saturated carbocycles. The third kappa shape index (κ3) is 47.4. The smallest absolute Gasteiger partial charge is 0.306 e. The van der Waals surface area contributed by atoms with E-state index in [1.54, 1.807) is 0 Å². The molecule has 0 N–H and O–H groups in total. The molecule has 0 spiro atoms. The Bertz CT molecular complexity index is 1080. The molecule has 0 aromatic rings. The lowest BCUT2D eigenvalue weighted by atomic mass is 10.0. The normalized spacial score (nSPS) is 14.1. The van der Waals surface area contributed by atoms with Gasteiger partial charge in [0, 0.05) is 13.0 Å². The number of quaternary nitrogens is 1. The minimum Gasteiger partial charge on any atom is -0.756 e. The van der Waals surface area contributed by atoms with Crippen molar-refractivity contribution in [2.24, 2.45) is 0 Å². The Labute approximate surface area is 365 Å². The van der Waals surface area contributed by atoms with Crippen LogP contribution in [0.4, 0.5) is 0 Å². The number of unbranched alkanes of at least 4 members (excludes halogenated alkanes) is 23. The Hall–Kier alpha value is -1.54. The van der Waals surface area contributed by atoms with Crippen LogP contribution in [0.2, 0.25) is 0 Å². The minimum absolute atomic E-state index is 0.0195. The molecule has 0 aliphatic carbocycles. The van der Waals surface area contributed by atoms with Crippen molar-refractivity contribution >= 4 is 13.8 Å². The summed E-state index contributed by atoms with van der Waals surface area (Å²) >= 11 is 0. The summed E-state index contributed by atoms with van der Waals surface area (Å²) < 4.78 is 34.6. The lowest BCUT2D eigenvalue weighted by Gasteiger charge is -2.28. The molecule has 0 heterocycles. The van der Waals surface area contributed by atoms with Gasteiger partial charge < -0.3 is 27.9 Å². The Balaban J connectivity index is 4.18. The van der Waals surface area contributed by atoms with Crippen LogP contribution in [0.15, 0.2) is 48.6 Å². The average Bonchev–Trinajstić information content (AvgIpc) is 3.19. The van der Waals surface area contributed by atoms with Crippen molar-refractivity contribution in [3.8, 4) is 0 Å². The molecular weight excluding hydrogens is 758 g/mol. The van der Waals surface area contributed by atoms with E-state index in [0.717, 1.165) is 70.6 Å². The van der Waals surface area contributed by atoms with E-state index in [-0.39, 0.29) is 25.8 Å². The summed E-state index contributed by atoms with van der Waals surface area (Å²) in [5.74, 6) is -0.343. The fourth-order valence-electron chi connectivity index (χ4n) is 6.66. The number of ether oxygens (including phenoxy) is 2. The zero-order valence-electron chi connectivity index (χ0n) is 39.2. The molecule has 8 nitrogen and oxygen atoms in total. The Morgan fingerprint density at radius 3 is 1.46 bits per heavy atom. The lowest BCUT2D eigenvalue weighted by Crippen LogP contribution is -2.37. The van der Waals surface area contributed by atoms with Crippen LogP contribution in [0, 0.1) is 0 Å². The zero-order valence-corrected chi connectivity index (χ0v) is 40.1. The van der Waals surface area contributed by atoms with Crippen molar-refractivity contribution in [2.45, 2.75) is 213 Å². The number of nitrogens with zero attached hydrogens (tertiary/aromatic N) is 1. The molecule has 0 rings (SSSR count). The van der Waals surface area contributed by atoms with E-state index >= 15 is 0 Å². The SMILES string of the molecule is CC/C=C\C/C=C\C/C=C\C/C=C\CCCCCOCC(COP(=O)([O-])OCC[N+](C)(C)C)OC(=O)CCCCCCCCCCCCCCCCCCCCCCC. The van der Waals surface area contributed by atoms with Crippen molar-refractivity contribution in [2.75, 3.05) is 54.1 Å². The number of allylic oxidation sites excluding steroid dienone is 8. The van der Waals surface area contributed by atoms with Crippen molar-refractivity contribution in [1.82, 2.24) is 0 Å². The zero-order chi connectivity index (χ0) is 43.4.